The third-order valence-electron chi connectivity index (χ3n) is 3.89. The summed E-state index contributed by atoms with van der Waals surface area (Å²) in [7, 11) is 0. The number of carbonyl (C=O) groups excluding carboxylic acids is 1. The number of carbonyl (C=O) groups is 1. The Kier molecular flexibility index (Phi) is 4.63. The number of aromatic nitrogens is 1. The number of hydrogen-bond donors (Lipinski definition) is 1. The molecule has 3 rings (SSSR count). The van der Waals surface area contributed by atoms with Gasteiger partial charge in [0, 0.05) is 30.1 Å². The van der Waals surface area contributed by atoms with E-state index in [2.05, 4.69) is 11.9 Å². The summed E-state index contributed by atoms with van der Waals surface area (Å²) in [5.41, 5.74) is 1.56. The predicted molar refractivity (Wildman–Crippen MR) is 85.4 cm³/mol. The minimum Gasteiger partial charge on any atom is -0.494 e. The largest absolute Gasteiger partial charge is 0.494 e. The summed E-state index contributed by atoms with van der Waals surface area (Å²) in [6.45, 7) is 5.39. The van der Waals surface area contributed by atoms with Crippen LogP contribution in [0.25, 0.3) is 10.9 Å². The van der Waals surface area contributed by atoms with Crippen LogP contribution in [0.15, 0.2) is 24.3 Å². The van der Waals surface area contributed by atoms with E-state index in [-0.39, 0.29) is 5.91 Å². The van der Waals surface area contributed by atoms with Gasteiger partial charge in [-0.15, -0.1) is 0 Å². The van der Waals surface area contributed by atoms with E-state index in [0.717, 1.165) is 36.1 Å². The molecule has 1 saturated heterocycles. The maximum absolute atomic E-state index is 12.5. The van der Waals surface area contributed by atoms with Crippen LogP contribution in [-0.2, 0) is 4.74 Å². The van der Waals surface area contributed by atoms with Crippen LogP contribution in [-0.4, -0.2) is 48.7 Å². The first-order valence-corrected chi connectivity index (χ1v) is 7.90. The number of H-pyrrole nitrogens is 1. The van der Waals surface area contributed by atoms with Gasteiger partial charge in [-0.05, 0) is 24.6 Å². The SMILES string of the molecule is CCCCOc1ccc2cc(C(=O)N3CCOCC3)[nH]c2c1. The molecule has 1 fully saturated rings. The molecule has 1 aliphatic heterocycles. The first kappa shape index (κ1) is 14.9. The number of rotatable bonds is 5. The molecule has 2 heterocycles. The van der Waals surface area contributed by atoms with Gasteiger partial charge >= 0.3 is 0 Å². The number of benzene rings is 1. The summed E-state index contributed by atoms with van der Waals surface area (Å²) in [6.07, 6.45) is 2.16. The zero-order chi connectivity index (χ0) is 15.4. The highest BCUT2D eigenvalue weighted by atomic mass is 16.5. The normalized spacial score (nSPS) is 15.2. The monoisotopic (exact) mass is 302 g/mol. The molecule has 118 valence electrons. The fourth-order valence-electron chi connectivity index (χ4n) is 2.58. The maximum atomic E-state index is 12.5. The minimum atomic E-state index is 0.0351. The Hall–Kier alpha value is -2.01. The first-order valence-electron chi connectivity index (χ1n) is 7.90. The molecule has 1 aromatic carbocycles. The smallest absolute Gasteiger partial charge is 0.270 e. The first-order chi connectivity index (χ1) is 10.8. The lowest BCUT2D eigenvalue weighted by Gasteiger charge is -2.26. The molecule has 0 spiro atoms. The Morgan fingerprint density at radius 1 is 1.32 bits per heavy atom. The van der Waals surface area contributed by atoms with Gasteiger partial charge < -0.3 is 19.4 Å². The maximum Gasteiger partial charge on any atom is 0.270 e. The van der Waals surface area contributed by atoms with Gasteiger partial charge in [-0.3, -0.25) is 4.79 Å². The quantitative estimate of drug-likeness (QED) is 0.864. The van der Waals surface area contributed by atoms with Gasteiger partial charge in [-0.1, -0.05) is 13.3 Å². The number of nitrogens with one attached hydrogen (secondary N) is 1. The van der Waals surface area contributed by atoms with Gasteiger partial charge in [0.2, 0.25) is 0 Å². The fourth-order valence-corrected chi connectivity index (χ4v) is 2.58. The van der Waals surface area contributed by atoms with Crippen LogP contribution in [0.4, 0.5) is 0 Å². The summed E-state index contributed by atoms with van der Waals surface area (Å²) < 4.78 is 11.0. The molecule has 0 unspecified atom stereocenters. The highest BCUT2D eigenvalue weighted by Gasteiger charge is 2.20. The van der Waals surface area contributed by atoms with Crippen LogP contribution >= 0.6 is 0 Å². The van der Waals surface area contributed by atoms with Gasteiger partial charge in [0.15, 0.2) is 0 Å². The van der Waals surface area contributed by atoms with E-state index in [1.54, 1.807) is 0 Å². The summed E-state index contributed by atoms with van der Waals surface area (Å²) in [6, 6.07) is 7.81. The van der Waals surface area contributed by atoms with Crippen molar-refractivity contribution in [2.75, 3.05) is 32.9 Å². The number of ether oxygens (including phenoxy) is 2. The summed E-state index contributed by atoms with van der Waals surface area (Å²) in [4.78, 5) is 17.5. The van der Waals surface area contributed by atoms with Gasteiger partial charge in [-0.2, -0.15) is 0 Å². The average Bonchev–Trinajstić information content (AvgIpc) is 2.98. The zero-order valence-corrected chi connectivity index (χ0v) is 12.9. The molecule has 2 aromatic rings. The van der Waals surface area contributed by atoms with Crippen molar-refractivity contribution in [3.8, 4) is 5.75 Å². The number of amides is 1. The lowest BCUT2D eigenvalue weighted by atomic mass is 10.2. The Bertz CT molecular complexity index is 644. The van der Waals surface area contributed by atoms with Crippen molar-refractivity contribution in [2.45, 2.75) is 19.8 Å². The number of aromatic amines is 1. The Morgan fingerprint density at radius 3 is 2.91 bits per heavy atom. The number of morpholine rings is 1. The third kappa shape index (κ3) is 3.25. The molecular formula is C17H22N2O3. The lowest BCUT2D eigenvalue weighted by molar-refractivity contribution is 0.0299. The molecule has 1 aromatic heterocycles. The molecule has 0 radical (unpaired) electrons. The van der Waals surface area contributed by atoms with Crippen molar-refractivity contribution in [3.05, 3.63) is 30.0 Å². The molecule has 1 N–H and O–H groups in total. The van der Waals surface area contributed by atoms with E-state index in [9.17, 15) is 4.79 Å². The van der Waals surface area contributed by atoms with Crippen LogP contribution < -0.4 is 4.74 Å². The topological polar surface area (TPSA) is 54.6 Å². The molecule has 1 amide bonds. The second-order valence-electron chi connectivity index (χ2n) is 5.54. The number of fused-ring (bicyclic) bond motifs is 1. The Balaban J connectivity index is 1.75. The second-order valence-corrected chi connectivity index (χ2v) is 5.54. The summed E-state index contributed by atoms with van der Waals surface area (Å²) in [5, 5.41) is 1.03. The molecule has 0 atom stereocenters. The Morgan fingerprint density at radius 2 is 2.14 bits per heavy atom. The molecule has 1 aliphatic rings. The molecule has 5 nitrogen and oxygen atoms in total. The highest BCUT2D eigenvalue weighted by molar-refractivity contribution is 5.98. The number of nitrogens with zero attached hydrogens (tertiary/aromatic N) is 1. The minimum absolute atomic E-state index is 0.0351. The van der Waals surface area contributed by atoms with Crippen LogP contribution in [0.1, 0.15) is 30.3 Å². The molecule has 5 heteroatoms. The van der Waals surface area contributed by atoms with E-state index < -0.39 is 0 Å². The van der Waals surface area contributed by atoms with E-state index in [1.807, 2.05) is 29.2 Å². The van der Waals surface area contributed by atoms with Crippen LogP contribution in [0.3, 0.4) is 0 Å². The van der Waals surface area contributed by atoms with E-state index in [0.29, 0.717) is 32.0 Å². The van der Waals surface area contributed by atoms with Crippen LogP contribution in [0.2, 0.25) is 0 Å². The van der Waals surface area contributed by atoms with Crippen molar-refractivity contribution >= 4 is 16.8 Å². The third-order valence-corrected chi connectivity index (χ3v) is 3.89. The van der Waals surface area contributed by atoms with Crippen molar-refractivity contribution < 1.29 is 14.3 Å². The molecule has 0 bridgehead atoms. The molecule has 0 saturated carbocycles. The summed E-state index contributed by atoms with van der Waals surface area (Å²) in [5.74, 6) is 0.876. The van der Waals surface area contributed by atoms with Crippen molar-refractivity contribution in [1.29, 1.82) is 0 Å². The van der Waals surface area contributed by atoms with Gasteiger partial charge in [-0.25, -0.2) is 0 Å². The van der Waals surface area contributed by atoms with E-state index in [4.69, 9.17) is 9.47 Å². The van der Waals surface area contributed by atoms with Crippen LogP contribution in [0, 0.1) is 0 Å². The number of hydrogen-bond acceptors (Lipinski definition) is 3. The molecular weight excluding hydrogens is 280 g/mol. The van der Waals surface area contributed by atoms with Gasteiger partial charge in [0.25, 0.3) is 5.91 Å². The van der Waals surface area contributed by atoms with Gasteiger partial charge in [0.1, 0.15) is 11.4 Å². The number of unbranched alkanes of at least 4 members (excludes halogenated alkanes) is 1. The second kappa shape index (κ2) is 6.83. The van der Waals surface area contributed by atoms with E-state index in [1.165, 1.54) is 0 Å². The standard InChI is InChI=1S/C17H22N2O3/c1-2-3-8-22-14-5-4-13-11-16(18-15(13)12-14)17(20)19-6-9-21-10-7-19/h4-5,11-12,18H,2-3,6-10H2,1H3. The van der Waals surface area contributed by atoms with Crippen molar-refractivity contribution in [1.82, 2.24) is 9.88 Å². The van der Waals surface area contributed by atoms with Gasteiger partial charge in [0.05, 0.1) is 19.8 Å². The molecule has 0 aliphatic carbocycles. The van der Waals surface area contributed by atoms with E-state index >= 15 is 0 Å². The fraction of sp³-hybridized carbons (Fsp3) is 0.471. The molecule has 22 heavy (non-hydrogen) atoms. The predicted octanol–water partition coefficient (Wildman–Crippen LogP) is 2.82. The lowest BCUT2D eigenvalue weighted by Crippen LogP contribution is -2.40. The average molecular weight is 302 g/mol. The Labute approximate surface area is 130 Å². The van der Waals surface area contributed by atoms with Crippen LogP contribution in [0.5, 0.6) is 5.75 Å². The van der Waals surface area contributed by atoms with Crippen molar-refractivity contribution in [2.24, 2.45) is 0 Å². The summed E-state index contributed by atoms with van der Waals surface area (Å²) >= 11 is 0. The van der Waals surface area contributed by atoms with Crippen molar-refractivity contribution in [3.63, 3.8) is 0 Å². The zero-order valence-electron chi connectivity index (χ0n) is 12.9. The highest BCUT2D eigenvalue weighted by Crippen LogP contribution is 2.22.